The van der Waals surface area contributed by atoms with E-state index in [0.717, 1.165) is 23.6 Å². The van der Waals surface area contributed by atoms with Crippen LogP contribution in [0.15, 0.2) is 42.7 Å². The Balaban J connectivity index is 1.57. The third-order valence-electron chi connectivity index (χ3n) is 3.40. The summed E-state index contributed by atoms with van der Waals surface area (Å²) < 4.78 is 0. The Hall–Kier alpha value is -1.92. The summed E-state index contributed by atoms with van der Waals surface area (Å²) >= 11 is 1.88. The van der Waals surface area contributed by atoms with Crippen LogP contribution in [0.1, 0.15) is 6.42 Å². The fourth-order valence-electron chi connectivity index (χ4n) is 2.32. The van der Waals surface area contributed by atoms with Crippen LogP contribution in [-0.4, -0.2) is 40.0 Å². The summed E-state index contributed by atoms with van der Waals surface area (Å²) in [5.41, 5.74) is 1.59. The zero-order chi connectivity index (χ0) is 15.2. The van der Waals surface area contributed by atoms with Gasteiger partial charge in [-0.3, -0.25) is 4.79 Å². The number of amides is 1. The maximum absolute atomic E-state index is 12.0. The van der Waals surface area contributed by atoms with Crippen molar-refractivity contribution in [2.45, 2.75) is 12.5 Å². The van der Waals surface area contributed by atoms with Crippen molar-refractivity contribution in [3.05, 3.63) is 42.7 Å². The smallest absolute Gasteiger partial charge is 0.226 e. The van der Waals surface area contributed by atoms with Gasteiger partial charge in [0.05, 0.1) is 18.1 Å². The summed E-state index contributed by atoms with van der Waals surface area (Å²) in [5, 5.41) is 6.21. The van der Waals surface area contributed by atoms with Gasteiger partial charge in [-0.2, -0.15) is 11.8 Å². The van der Waals surface area contributed by atoms with Crippen LogP contribution >= 0.6 is 11.8 Å². The largest absolute Gasteiger partial charge is 0.323 e. The predicted octanol–water partition coefficient (Wildman–Crippen LogP) is 2.18. The molecule has 2 aromatic rings. The topological polar surface area (TPSA) is 66.9 Å². The van der Waals surface area contributed by atoms with E-state index in [1.807, 2.05) is 42.1 Å². The quantitative estimate of drug-likeness (QED) is 0.905. The number of hydrogen-bond donors (Lipinski definition) is 2. The average Bonchev–Trinajstić information content (AvgIpc) is 2.57. The Labute approximate surface area is 133 Å². The fraction of sp³-hybridized carbons (Fsp3) is 0.312. The monoisotopic (exact) mass is 314 g/mol. The summed E-state index contributed by atoms with van der Waals surface area (Å²) in [6, 6.07) is 10.0. The van der Waals surface area contributed by atoms with Gasteiger partial charge in [-0.15, -0.1) is 0 Å². The number of anilines is 1. The molecule has 0 saturated carbocycles. The molecule has 2 heterocycles. The molecule has 1 unspecified atom stereocenters. The molecule has 6 heteroatoms. The molecule has 2 N–H and O–H groups in total. The number of thioether (sulfide) groups is 1. The van der Waals surface area contributed by atoms with Crippen molar-refractivity contribution in [2.75, 3.05) is 23.4 Å². The van der Waals surface area contributed by atoms with Crippen LogP contribution in [0.2, 0.25) is 0 Å². The number of aromatic nitrogens is 2. The highest BCUT2D eigenvalue weighted by Gasteiger charge is 2.16. The van der Waals surface area contributed by atoms with Gasteiger partial charge in [0.15, 0.2) is 5.82 Å². The van der Waals surface area contributed by atoms with E-state index in [-0.39, 0.29) is 11.9 Å². The molecule has 1 atom stereocenters. The molecule has 1 fully saturated rings. The van der Waals surface area contributed by atoms with Crippen LogP contribution in [0.3, 0.4) is 0 Å². The van der Waals surface area contributed by atoms with Crippen molar-refractivity contribution < 1.29 is 4.79 Å². The molecule has 22 heavy (non-hydrogen) atoms. The van der Waals surface area contributed by atoms with E-state index in [4.69, 9.17) is 0 Å². The molecule has 0 radical (unpaired) electrons. The van der Waals surface area contributed by atoms with E-state index in [1.165, 1.54) is 0 Å². The van der Waals surface area contributed by atoms with Crippen molar-refractivity contribution in [1.82, 2.24) is 15.3 Å². The van der Waals surface area contributed by atoms with Crippen molar-refractivity contribution in [3.8, 4) is 11.4 Å². The molecule has 1 aliphatic heterocycles. The number of nitrogens with zero attached hydrogens (tertiary/aromatic N) is 2. The number of nitrogens with one attached hydrogen (secondary N) is 2. The molecule has 1 amide bonds. The highest BCUT2D eigenvalue weighted by atomic mass is 32.2. The fourth-order valence-corrected chi connectivity index (χ4v) is 3.26. The van der Waals surface area contributed by atoms with Crippen molar-refractivity contribution in [2.24, 2.45) is 0 Å². The molecule has 3 rings (SSSR count). The van der Waals surface area contributed by atoms with Gasteiger partial charge in [0.1, 0.15) is 0 Å². The van der Waals surface area contributed by atoms with Gasteiger partial charge in [0.25, 0.3) is 0 Å². The molecule has 0 spiro atoms. The minimum absolute atomic E-state index is 0.00365. The summed E-state index contributed by atoms with van der Waals surface area (Å²) in [6.45, 7) is 0.970. The Morgan fingerprint density at radius 3 is 2.73 bits per heavy atom. The molecule has 0 aliphatic carbocycles. The van der Waals surface area contributed by atoms with E-state index < -0.39 is 0 Å². The second-order valence-corrected chi connectivity index (χ2v) is 6.29. The predicted molar refractivity (Wildman–Crippen MR) is 89.8 cm³/mol. The normalized spacial score (nSPS) is 17.9. The number of carbonyl (C=O) groups is 1. The lowest BCUT2D eigenvalue weighted by atomic mass is 10.2. The number of hydrogen-bond acceptors (Lipinski definition) is 5. The van der Waals surface area contributed by atoms with E-state index in [0.29, 0.717) is 17.9 Å². The van der Waals surface area contributed by atoms with Crippen LogP contribution < -0.4 is 10.6 Å². The molecular formula is C16H18N4OS. The summed E-state index contributed by atoms with van der Waals surface area (Å²) in [5.74, 6) is 2.75. The lowest BCUT2D eigenvalue weighted by molar-refractivity contribution is -0.116. The first kappa shape index (κ1) is 15.0. The first-order valence-electron chi connectivity index (χ1n) is 7.30. The van der Waals surface area contributed by atoms with Crippen molar-refractivity contribution >= 4 is 23.4 Å². The van der Waals surface area contributed by atoms with Crippen LogP contribution in [0.25, 0.3) is 11.4 Å². The first-order valence-corrected chi connectivity index (χ1v) is 8.45. The van der Waals surface area contributed by atoms with Crippen molar-refractivity contribution in [3.63, 3.8) is 0 Å². The highest BCUT2D eigenvalue weighted by Crippen LogP contribution is 2.15. The standard InChI is InChI=1S/C16H18N4OS/c21-15(8-13-11-22-7-6-17-13)20-14-9-18-16(19-10-14)12-4-2-1-3-5-12/h1-5,9-10,13,17H,6-8,11H2,(H,20,21). The van der Waals surface area contributed by atoms with Gasteiger partial charge in [-0.05, 0) is 0 Å². The minimum Gasteiger partial charge on any atom is -0.323 e. The number of rotatable bonds is 4. The number of benzene rings is 1. The zero-order valence-corrected chi connectivity index (χ0v) is 13.0. The lowest BCUT2D eigenvalue weighted by Gasteiger charge is -2.22. The summed E-state index contributed by atoms with van der Waals surface area (Å²) in [4.78, 5) is 20.6. The van der Waals surface area contributed by atoms with Gasteiger partial charge in [-0.25, -0.2) is 9.97 Å². The van der Waals surface area contributed by atoms with Crippen LogP contribution in [0, 0.1) is 0 Å². The number of carbonyl (C=O) groups excluding carboxylic acids is 1. The van der Waals surface area contributed by atoms with E-state index in [9.17, 15) is 4.79 Å². The molecule has 1 aromatic carbocycles. The molecule has 1 aliphatic rings. The van der Waals surface area contributed by atoms with Gasteiger partial charge in [0.2, 0.25) is 5.91 Å². The first-order chi connectivity index (χ1) is 10.8. The highest BCUT2D eigenvalue weighted by molar-refractivity contribution is 7.99. The third kappa shape index (κ3) is 4.05. The maximum Gasteiger partial charge on any atom is 0.226 e. The Kier molecular flexibility index (Phi) is 5.03. The summed E-state index contributed by atoms with van der Waals surface area (Å²) in [6.07, 6.45) is 3.78. The van der Waals surface area contributed by atoms with Crippen LogP contribution in [0.4, 0.5) is 5.69 Å². The molecule has 1 saturated heterocycles. The molecular weight excluding hydrogens is 296 g/mol. The second-order valence-electron chi connectivity index (χ2n) is 5.14. The van der Waals surface area contributed by atoms with E-state index >= 15 is 0 Å². The van der Waals surface area contributed by atoms with Crippen LogP contribution in [0.5, 0.6) is 0 Å². The van der Waals surface area contributed by atoms with E-state index in [2.05, 4.69) is 20.6 Å². The molecule has 114 valence electrons. The van der Waals surface area contributed by atoms with Crippen LogP contribution in [-0.2, 0) is 4.79 Å². The Morgan fingerprint density at radius 2 is 2.05 bits per heavy atom. The minimum atomic E-state index is -0.00365. The zero-order valence-electron chi connectivity index (χ0n) is 12.2. The van der Waals surface area contributed by atoms with Gasteiger partial charge in [0, 0.05) is 36.1 Å². The lowest BCUT2D eigenvalue weighted by Crippen LogP contribution is -2.39. The average molecular weight is 314 g/mol. The Bertz CT molecular complexity index is 612. The van der Waals surface area contributed by atoms with Gasteiger partial charge >= 0.3 is 0 Å². The molecule has 0 bridgehead atoms. The molecule has 5 nitrogen and oxygen atoms in total. The van der Waals surface area contributed by atoms with Crippen molar-refractivity contribution in [1.29, 1.82) is 0 Å². The summed E-state index contributed by atoms with van der Waals surface area (Å²) in [7, 11) is 0. The van der Waals surface area contributed by atoms with Gasteiger partial charge < -0.3 is 10.6 Å². The SMILES string of the molecule is O=C(CC1CSCCN1)Nc1cnc(-c2ccccc2)nc1. The van der Waals surface area contributed by atoms with E-state index in [1.54, 1.807) is 12.4 Å². The van der Waals surface area contributed by atoms with Gasteiger partial charge in [-0.1, -0.05) is 30.3 Å². The maximum atomic E-state index is 12.0. The third-order valence-corrected chi connectivity index (χ3v) is 4.53. The Morgan fingerprint density at radius 1 is 1.27 bits per heavy atom. The molecule has 1 aromatic heterocycles. The second kappa shape index (κ2) is 7.38.